The van der Waals surface area contributed by atoms with E-state index in [0.717, 1.165) is 25.0 Å². The Labute approximate surface area is 159 Å². The molecule has 1 aromatic rings. The maximum atomic E-state index is 11.9. The number of esters is 1. The third-order valence-electron chi connectivity index (χ3n) is 4.26. The van der Waals surface area contributed by atoms with Crippen molar-refractivity contribution in [3.05, 3.63) is 17.7 Å². The lowest BCUT2D eigenvalue weighted by Crippen LogP contribution is -2.34. The summed E-state index contributed by atoms with van der Waals surface area (Å²) in [4.78, 5) is 23.6. The summed E-state index contributed by atoms with van der Waals surface area (Å²) in [5, 5.41) is 2.71. The Morgan fingerprint density at radius 3 is 2.41 bits per heavy atom. The van der Waals surface area contributed by atoms with Crippen LogP contribution in [0.25, 0.3) is 0 Å². The Morgan fingerprint density at radius 1 is 1.15 bits per heavy atom. The summed E-state index contributed by atoms with van der Waals surface area (Å²) in [6, 6.07) is 3.56. The third-order valence-corrected chi connectivity index (χ3v) is 4.26. The standard InChI is InChI=1S/C19H27NO7/c1-23-15-9-13(10-16(24-2)19(15)25-3)6-7-18(22)27-12-17(21)20-11-14-5-4-8-26-14/h9-10,14H,4-8,11-12H2,1-3H3,(H,20,21)/t14-/m1/s1. The van der Waals surface area contributed by atoms with Gasteiger partial charge >= 0.3 is 5.97 Å². The molecule has 1 aromatic carbocycles. The van der Waals surface area contributed by atoms with Crippen LogP contribution in [0.15, 0.2) is 12.1 Å². The molecule has 0 aromatic heterocycles. The topological polar surface area (TPSA) is 92.3 Å². The molecule has 1 aliphatic rings. The Morgan fingerprint density at radius 2 is 1.85 bits per heavy atom. The van der Waals surface area contributed by atoms with E-state index in [1.165, 1.54) is 21.3 Å². The van der Waals surface area contributed by atoms with Crippen LogP contribution in [0, 0.1) is 0 Å². The van der Waals surface area contributed by atoms with Gasteiger partial charge in [-0.25, -0.2) is 0 Å². The lowest BCUT2D eigenvalue weighted by molar-refractivity contribution is -0.148. The fourth-order valence-corrected chi connectivity index (χ4v) is 2.83. The normalized spacial score (nSPS) is 15.9. The van der Waals surface area contributed by atoms with E-state index in [2.05, 4.69) is 5.32 Å². The number of carbonyl (C=O) groups is 2. The van der Waals surface area contributed by atoms with Gasteiger partial charge < -0.3 is 29.0 Å². The van der Waals surface area contributed by atoms with Crippen molar-refractivity contribution in [3.63, 3.8) is 0 Å². The monoisotopic (exact) mass is 381 g/mol. The van der Waals surface area contributed by atoms with Crippen molar-refractivity contribution in [1.29, 1.82) is 0 Å². The largest absolute Gasteiger partial charge is 0.493 e. The van der Waals surface area contributed by atoms with Crippen molar-refractivity contribution in [2.75, 3.05) is 41.1 Å². The van der Waals surface area contributed by atoms with Crippen molar-refractivity contribution in [2.45, 2.75) is 31.8 Å². The number of ether oxygens (including phenoxy) is 5. The minimum atomic E-state index is -0.448. The third kappa shape index (κ3) is 6.32. The SMILES string of the molecule is COc1cc(CCC(=O)OCC(=O)NC[C@H]2CCCO2)cc(OC)c1OC. The van der Waals surface area contributed by atoms with Crippen LogP contribution < -0.4 is 19.5 Å². The first kappa shape index (κ1) is 20.8. The summed E-state index contributed by atoms with van der Waals surface area (Å²) in [6.45, 7) is 0.888. The minimum Gasteiger partial charge on any atom is -0.493 e. The van der Waals surface area contributed by atoms with Gasteiger partial charge in [0.1, 0.15) is 0 Å². The van der Waals surface area contributed by atoms with E-state index in [4.69, 9.17) is 23.7 Å². The van der Waals surface area contributed by atoms with Crippen LogP contribution >= 0.6 is 0 Å². The molecule has 0 aliphatic carbocycles. The van der Waals surface area contributed by atoms with Crippen LogP contribution in [0.1, 0.15) is 24.8 Å². The summed E-state index contributed by atoms with van der Waals surface area (Å²) < 4.78 is 26.3. The second kappa shape index (κ2) is 10.6. The molecule has 1 heterocycles. The first-order valence-electron chi connectivity index (χ1n) is 8.90. The first-order valence-corrected chi connectivity index (χ1v) is 8.90. The molecular formula is C19H27NO7. The van der Waals surface area contributed by atoms with Crippen LogP contribution in [0.4, 0.5) is 0 Å². The highest BCUT2D eigenvalue weighted by Crippen LogP contribution is 2.38. The predicted molar refractivity (Wildman–Crippen MR) is 97.4 cm³/mol. The van der Waals surface area contributed by atoms with Crippen molar-refractivity contribution >= 4 is 11.9 Å². The van der Waals surface area contributed by atoms with Crippen LogP contribution in [-0.4, -0.2) is 59.1 Å². The Bertz CT molecular complexity index is 616. The average Bonchev–Trinajstić information content (AvgIpc) is 3.21. The quantitative estimate of drug-likeness (QED) is 0.614. The second-order valence-electron chi connectivity index (χ2n) is 6.13. The molecule has 0 saturated carbocycles. The Balaban J connectivity index is 1.76. The van der Waals surface area contributed by atoms with Crippen LogP contribution in [0.5, 0.6) is 17.2 Å². The molecule has 150 valence electrons. The highest BCUT2D eigenvalue weighted by Gasteiger charge is 2.17. The van der Waals surface area contributed by atoms with Gasteiger partial charge in [0.05, 0.1) is 27.4 Å². The van der Waals surface area contributed by atoms with Gasteiger partial charge in [-0.2, -0.15) is 0 Å². The molecule has 8 nitrogen and oxygen atoms in total. The number of rotatable bonds is 10. The first-order chi connectivity index (χ1) is 13.1. The van der Waals surface area contributed by atoms with Crippen LogP contribution in [-0.2, 0) is 25.5 Å². The lowest BCUT2D eigenvalue weighted by atomic mass is 10.1. The maximum Gasteiger partial charge on any atom is 0.306 e. The molecule has 0 bridgehead atoms. The lowest BCUT2D eigenvalue weighted by Gasteiger charge is -2.14. The predicted octanol–water partition coefficient (Wildman–Crippen LogP) is 1.48. The summed E-state index contributed by atoms with van der Waals surface area (Å²) in [6.07, 6.45) is 2.57. The molecule has 27 heavy (non-hydrogen) atoms. The maximum absolute atomic E-state index is 11.9. The minimum absolute atomic E-state index is 0.0599. The number of benzene rings is 1. The van der Waals surface area contributed by atoms with Gasteiger partial charge in [-0.15, -0.1) is 0 Å². The number of amides is 1. The number of methoxy groups -OCH3 is 3. The smallest absolute Gasteiger partial charge is 0.306 e. The Hall–Kier alpha value is -2.48. The molecule has 1 atom stereocenters. The van der Waals surface area contributed by atoms with Crippen molar-refractivity contribution in [2.24, 2.45) is 0 Å². The zero-order valence-electron chi connectivity index (χ0n) is 16.0. The summed E-state index contributed by atoms with van der Waals surface area (Å²) in [5.41, 5.74) is 0.837. The van der Waals surface area contributed by atoms with E-state index in [0.29, 0.717) is 30.2 Å². The van der Waals surface area contributed by atoms with Gasteiger partial charge in [0, 0.05) is 19.6 Å². The van der Waals surface area contributed by atoms with Crippen molar-refractivity contribution in [1.82, 2.24) is 5.32 Å². The zero-order chi connectivity index (χ0) is 19.6. The molecule has 8 heteroatoms. The highest BCUT2D eigenvalue weighted by molar-refractivity contribution is 5.80. The van der Waals surface area contributed by atoms with Gasteiger partial charge in [-0.05, 0) is 37.0 Å². The van der Waals surface area contributed by atoms with E-state index in [-0.39, 0.29) is 25.0 Å². The van der Waals surface area contributed by atoms with Crippen LogP contribution in [0.3, 0.4) is 0 Å². The number of nitrogens with one attached hydrogen (secondary N) is 1. The fraction of sp³-hybridized carbons (Fsp3) is 0.579. The number of hydrogen-bond acceptors (Lipinski definition) is 7. The van der Waals surface area contributed by atoms with E-state index in [9.17, 15) is 9.59 Å². The molecule has 2 rings (SSSR count). The van der Waals surface area contributed by atoms with Gasteiger partial charge in [0.2, 0.25) is 5.75 Å². The summed E-state index contributed by atoms with van der Waals surface area (Å²) in [7, 11) is 4.59. The van der Waals surface area contributed by atoms with Crippen molar-refractivity contribution < 1.29 is 33.3 Å². The van der Waals surface area contributed by atoms with Crippen molar-refractivity contribution in [3.8, 4) is 17.2 Å². The molecule has 1 saturated heterocycles. The molecule has 1 aliphatic heterocycles. The highest BCUT2D eigenvalue weighted by atomic mass is 16.5. The molecule has 1 N–H and O–H groups in total. The molecule has 0 unspecified atom stereocenters. The van der Waals surface area contributed by atoms with E-state index >= 15 is 0 Å². The van der Waals surface area contributed by atoms with E-state index < -0.39 is 5.97 Å². The van der Waals surface area contributed by atoms with Gasteiger partial charge in [0.15, 0.2) is 18.1 Å². The molecule has 1 amide bonds. The molecule has 0 spiro atoms. The molecule has 0 radical (unpaired) electrons. The summed E-state index contributed by atoms with van der Waals surface area (Å²) in [5.74, 6) is 0.763. The summed E-state index contributed by atoms with van der Waals surface area (Å²) >= 11 is 0. The number of hydrogen-bond donors (Lipinski definition) is 1. The molecular weight excluding hydrogens is 354 g/mol. The number of carbonyl (C=O) groups excluding carboxylic acids is 2. The van der Waals surface area contributed by atoms with E-state index in [1.807, 2.05) is 0 Å². The number of aryl methyl sites for hydroxylation is 1. The van der Waals surface area contributed by atoms with Crippen LogP contribution in [0.2, 0.25) is 0 Å². The van der Waals surface area contributed by atoms with Gasteiger partial charge in [0.25, 0.3) is 5.91 Å². The van der Waals surface area contributed by atoms with Gasteiger partial charge in [-0.1, -0.05) is 0 Å². The average molecular weight is 381 g/mol. The zero-order valence-corrected chi connectivity index (χ0v) is 16.0. The fourth-order valence-electron chi connectivity index (χ4n) is 2.83. The second-order valence-corrected chi connectivity index (χ2v) is 6.13. The Kier molecular flexibility index (Phi) is 8.19. The van der Waals surface area contributed by atoms with Gasteiger partial charge in [-0.3, -0.25) is 9.59 Å². The van der Waals surface area contributed by atoms with E-state index in [1.54, 1.807) is 12.1 Å². The molecule has 1 fully saturated rings.